The zero-order valence-electron chi connectivity index (χ0n) is 31.8. The highest BCUT2D eigenvalue weighted by atomic mass is 32.2. The first-order valence-electron chi connectivity index (χ1n) is 18.6. The highest BCUT2D eigenvalue weighted by Crippen LogP contribution is 2.48. The maximum atomic E-state index is 14.8. The molecule has 3 heterocycles. The third-order valence-electron chi connectivity index (χ3n) is 10.7. The van der Waals surface area contributed by atoms with E-state index in [0.29, 0.717) is 30.4 Å². The second-order valence-corrected chi connectivity index (χ2v) is 18.3. The van der Waals surface area contributed by atoms with Crippen LogP contribution in [0.4, 0.5) is 13.6 Å². The van der Waals surface area contributed by atoms with Crippen molar-refractivity contribution in [3.05, 3.63) is 42.4 Å². The number of aromatic nitrogens is 1. The highest BCUT2D eigenvalue weighted by molar-refractivity contribution is 7.91. The second kappa shape index (κ2) is 14.8. The number of halogens is 2. The molecule has 6 rings (SSSR count). The first-order chi connectivity index (χ1) is 25.8. The molecular formula is C38H49F2N5O9S. The summed E-state index contributed by atoms with van der Waals surface area (Å²) in [4.78, 5) is 61.6. The summed E-state index contributed by atoms with van der Waals surface area (Å²) >= 11 is 0. The standard InChI is InChI=1S/C38H49F2N5O9S/c1-21-9-7-8-10-23-18-38(23,34(48)44-55(50,51)37(40)13-14-37)43-31(46)28-17-25(53-32-27-16-24(39)11-12-26(27)29(52-6)19-41-32)20-45(28)33(47)30(22(2)15-21)42-35(49)54-36(3,4)5/h8,10-12,16,19,21-23,25,28,30H,7,9,13-15,17-18,20H2,1-6H3,(H,42,49)(H,43,46)(H,44,48)/b10-8-/t21-,22-,23-,25-,28+,30+,38-/m1/s1. The van der Waals surface area contributed by atoms with Gasteiger partial charge >= 0.3 is 6.09 Å². The van der Waals surface area contributed by atoms with E-state index in [0.717, 1.165) is 0 Å². The summed E-state index contributed by atoms with van der Waals surface area (Å²) in [6, 6.07) is 1.59. The molecule has 1 aromatic carbocycles. The molecule has 7 atom stereocenters. The Morgan fingerprint density at radius 3 is 2.51 bits per heavy atom. The van der Waals surface area contributed by atoms with Gasteiger partial charge in [-0.05, 0) is 76.5 Å². The molecule has 2 aliphatic heterocycles. The Kier molecular flexibility index (Phi) is 10.8. The number of alkyl carbamates (subject to hydrolysis) is 1. The van der Waals surface area contributed by atoms with E-state index in [1.54, 1.807) is 26.8 Å². The number of carbonyl (C=O) groups excluding carboxylic acids is 4. The van der Waals surface area contributed by atoms with E-state index >= 15 is 0 Å². The summed E-state index contributed by atoms with van der Waals surface area (Å²) in [5, 5.41) is 3.71. The number of ether oxygens (including phenoxy) is 3. The van der Waals surface area contributed by atoms with E-state index in [-0.39, 0.29) is 49.4 Å². The lowest BCUT2D eigenvalue weighted by molar-refractivity contribution is -0.142. The number of amides is 4. The third kappa shape index (κ3) is 8.50. The molecule has 14 nitrogen and oxygen atoms in total. The van der Waals surface area contributed by atoms with Crippen LogP contribution in [0.1, 0.15) is 79.6 Å². The molecule has 0 bridgehead atoms. The maximum absolute atomic E-state index is 14.8. The van der Waals surface area contributed by atoms with Gasteiger partial charge in [0.05, 0.1) is 25.2 Å². The molecule has 2 saturated carbocycles. The predicted octanol–water partition coefficient (Wildman–Crippen LogP) is 4.42. The minimum atomic E-state index is -4.69. The van der Waals surface area contributed by atoms with E-state index in [1.165, 1.54) is 36.4 Å². The fraction of sp³-hybridized carbons (Fsp3) is 0.605. The van der Waals surface area contributed by atoms with E-state index in [4.69, 9.17) is 14.2 Å². The monoisotopic (exact) mass is 789 g/mol. The van der Waals surface area contributed by atoms with Gasteiger partial charge in [-0.1, -0.05) is 26.0 Å². The molecular weight excluding hydrogens is 741 g/mol. The van der Waals surface area contributed by atoms with Gasteiger partial charge in [-0.15, -0.1) is 0 Å². The van der Waals surface area contributed by atoms with Crippen LogP contribution in [-0.4, -0.2) is 90.1 Å². The highest BCUT2D eigenvalue weighted by Gasteiger charge is 2.64. The number of alkyl halides is 1. The van der Waals surface area contributed by atoms with Gasteiger partial charge in [0, 0.05) is 30.6 Å². The third-order valence-corrected chi connectivity index (χ3v) is 12.5. The Labute approximate surface area is 319 Å². The predicted molar refractivity (Wildman–Crippen MR) is 196 cm³/mol. The van der Waals surface area contributed by atoms with Crippen molar-refractivity contribution < 1.29 is 50.6 Å². The molecule has 4 amide bonds. The number of pyridine rings is 1. The molecule has 0 spiro atoms. The van der Waals surface area contributed by atoms with Crippen molar-refractivity contribution in [2.24, 2.45) is 17.8 Å². The molecule has 0 radical (unpaired) electrons. The minimum absolute atomic E-state index is 0.0233. The Morgan fingerprint density at radius 2 is 1.84 bits per heavy atom. The van der Waals surface area contributed by atoms with Crippen LogP contribution < -0.4 is 24.8 Å². The van der Waals surface area contributed by atoms with Gasteiger partial charge in [-0.25, -0.2) is 31.7 Å². The van der Waals surface area contributed by atoms with Crippen LogP contribution in [0.25, 0.3) is 10.8 Å². The molecule has 2 aromatic rings. The lowest BCUT2D eigenvalue weighted by Gasteiger charge is -2.33. The Morgan fingerprint density at radius 1 is 1.11 bits per heavy atom. The Balaban J connectivity index is 1.36. The number of rotatable bonds is 7. The van der Waals surface area contributed by atoms with Crippen LogP contribution in [0, 0.1) is 23.6 Å². The van der Waals surface area contributed by atoms with Crippen molar-refractivity contribution in [2.75, 3.05) is 13.7 Å². The summed E-state index contributed by atoms with van der Waals surface area (Å²) in [5.74, 6) is -3.57. The fourth-order valence-electron chi connectivity index (χ4n) is 7.50. The molecule has 300 valence electrons. The number of hydrogen-bond donors (Lipinski definition) is 3. The summed E-state index contributed by atoms with van der Waals surface area (Å²) in [6.07, 6.45) is 4.54. The summed E-state index contributed by atoms with van der Waals surface area (Å²) in [7, 11) is -3.25. The molecule has 0 unspecified atom stereocenters. The number of fused-ring (bicyclic) bond motifs is 3. The van der Waals surface area contributed by atoms with Crippen LogP contribution >= 0.6 is 0 Å². The van der Waals surface area contributed by atoms with Crippen LogP contribution in [-0.2, 0) is 29.1 Å². The average Bonchev–Trinajstić information content (AvgIpc) is 3.98. The smallest absolute Gasteiger partial charge is 0.408 e. The molecule has 55 heavy (non-hydrogen) atoms. The number of hydrogen-bond acceptors (Lipinski definition) is 10. The van der Waals surface area contributed by atoms with Crippen LogP contribution in [0.2, 0.25) is 0 Å². The molecule has 3 N–H and O–H groups in total. The Hall–Kier alpha value is -4.54. The van der Waals surface area contributed by atoms with Crippen LogP contribution in [0.5, 0.6) is 11.6 Å². The quantitative estimate of drug-likeness (QED) is 0.340. The van der Waals surface area contributed by atoms with Crippen LogP contribution in [0.15, 0.2) is 36.5 Å². The number of methoxy groups -OCH3 is 1. The van der Waals surface area contributed by atoms with Gasteiger partial charge < -0.3 is 29.7 Å². The SMILES string of the molecule is COc1cnc(O[C@@H]2C[C@H]3C(=O)N[C@]4(C(=O)NS(=O)(=O)C5(F)CC5)C[C@H]4/C=C\CC[C@@H](C)C[C@@H](C)[C@H](NC(=O)OC(C)(C)C)C(=O)N3C2)c2cc(F)ccc12. The van der Waals surface area contributed by atoms with Gasteiger partial charge in [0.15, 0.2) is 0 Å². The maximum Gasteiger partial charge on any atom is 0.408 e. The Bertz CT molecular complexity index is 2000. The number of allylic oxidation sites excluding steroid dienone is 1. The average molecular weight is 790 g/mol. The summed E-state index contributed by atoms with van der Waals surface area (Å²) in [5.41, 5.74) is -2.61. The largest absolute Gasteiger partial charge is 0.494 e. The van der Waals surface area contributed by atoms with Crippen molar-refractivity contribution >= 4 is 44.6 Å². The van der Waals surface area contributed by atoms with Crippen molar-refractivity contribution in [3.8, 4) is 11.6 Å². The molecule has 4 aliphatic rings. The first-order valence-corrected chi connectivity index (χ1v) is 20.1. The number of nitrogens with zero attached hydrogens (tertiary/aromatic N) is 2. The molecule has 1 saturated heterocycles. The summed E-state index contributed by atoms with van der Waals surface area (Å²) in [6.45, 7) is 8.75. The number of sulfonamides is 1. The van der Waals surface area contributed by atoms with Crippen molar-refractivity contribution in [2.45, 2.75) is 114 Å². The fourth-order valence-corrected chi connectivity index (χ4v) is 8.75. The van der Waals surface area contributed by atoms with Gasteiger partial charge in [-0.3, -0.25) is 14.4 Å². The normalized spacial score (nSPS) is 30.1. The first kappa shape index (κ1) is 40.1. The molecule has 2 aliphatic carbocycles. The van der Waals surface area contributed by atoms with Gasteiger partial charge in [0.1, 0.15) is 40.9 Å². The lowest BCUT2D eigenvalue weighted by Crippen LogP contribution is -2.59. The molecule has 17 heteroatoms. The molecule has 3 fully saturated rings. The van der Waals surface area contributed by atoms with E-state index in [1.807, 2.05) is 24.6 Å². The number of nitrogens with one attached hydrogen (secondary N) is 3. The number of carbonyl (C=O) groups is 4. The van der Waals surface area contributed by atoms with Crippen molar-refractivity contribution in [1.82, 2.24) is 25.2 Å². The van der Waals surface area contributed by atoms with Crippen molar-refractivity contribution in [1.29, 1.82) is 0 Å². The van der Waals surface area contributed by atoms with E-state index in [9.17, 15) is 36.4 Å². The van der Waals surface area contributed by atoms with Gasteiger partial charge in [-0.2, -0.15) is 0 Å². The van der Waals surface area contributed by atoms with Crippen molar-refractivity contribution in [3.63, 3.8) is 0 Å². The van der Waals surface area contributed by atoms with E-state index < -0.39 is 85.8 Å². The number of benzene rings is 1. The second-order valence-electron chi connectivity index (χ2n) is 16.3. The minimum Gasteiger partial charge on any atom is -0.494 e. The zero-order valence-corrected chi connectivity index (χ0v) is 32.6. The zero-order chi connectivity index (χ0) is 40.1. The van der Waals surface area contributed by atoms with E-state index in [2.05, 4.69) is 15.6 Å². The lowest BCUT2D eigenvalue weighted by atomic mass is 9.88. The van der Waals surface area contributed by atoms with Gasteiger partial charge in [0.25, 0.3) is 15.9 Å². The van der Waals surface area contributed by atoms with Crippen LogP contribution in [0.3, 0.4) is 0 Å². The topological polar surface area (TPSA) is 182 Å². The van der Waals surface area contributed by atoms with Gasteiger partial charge in [0.2, 0.25) is 22.7 Å². The summed E-state index contributed by atoms with van der Waals surface area (Å²) < 4.78 is 73.9. The molecule has 1 aromatic heterocycles.